The van der Waals surface area contributed by atoms with Gasteiger partial charge in [-0.2, -0.15) is 4.31 Å². The second-order valence-electron chi connectivity index (χ2n) is 7.95. The van der Waals surface area contributed by atoms with Crippen LogP contribution < -0.4 is 10.1 Å². The van der Waals surface area contributed by atoms with Gasteiger partial charge in [0.15, 0.2) is 11.9 Å². The van der Waals surface area contributed by atoms with Gasteiger partial charge in [-0.1, -0.05) is 25.7 Å². The Labute approximate surface area is 177 Å². The zero-order chi connectivity index (χ0) is 21.7. The van der Waals surface area contributed by atoms with Crippen molar-refractivity contribution in [3.63, 3.8) is 0 Å². The number of nitrogens with zero attached hydrogens (tertiary/aromatic N) is 2. The van der Waals surface area contributed by atoms with E-state index in [2.05, 4.69) is 5.32 Å². The third kappa shape index (κ3) is 5.28. The van der Waals surface area contributed by atoms with Crippen molar-refractivity contribution in [3.05, 3.63) is 28.3 Å². The Morgan fingerprint density at radius 2 is 1.80 bits per heavy atom. The lowest BCUT2D eigenvalue weighted by atomic mass is 10.1. The summed E-state index contributed by atoms with van der Waals surface area (Å²) in [5.74, 6) is -0.450. The summed E-state index contributed by atoms with van der Waals surface area (Å²) in [5.41, 5.74) is -0.468. The fourth-order valence-corrected chi connectivity index (χ4v) is 5.50. The van der Waals surface area contributed by atoms with Gasteiger partial charge in [0.05, 0.1) is 9.82 Å². The second kappa shape index (κ2) is 9.74. The van der Waals surface area contributed by atoms with Crippen LogP contribution in [0, 0.1) is 10.1 Å². The van der Waals surface area contributed by atoms with Crippen molar-refractivity contribution in [3.8, 4) is 5.75 Å². The highest BCUT2D eigenvalue weighted by Crippen LogP contribution is 2.32. The SMILES string of the molecule is C[C@H](Oc1ccc(S(=O)(=O)N2CCCC2)cc1[N+](=O)[O-])C(=O)NC1CCCCCC1. The molecule has 9 nitrogen and oxygen atoms in total. The van der Waals surface area contributed by atoms with Gasteiger partial charge in [-0.3, -0.25) is 14.9 Å². The summed E-state index contributed by atoms with van der Waals surface area (Å²) >= 11 is 0. The molecule has 1 saturated carbocycles. The second-order valence-corrected chi connectivity index (χ2v) is 9.89. The molecule has 1 aromatic rings. The maximum Gasteiger partial charge on any atom is 0.312 e. The Balaban J connectivity index is 1.73. The first-order valence-corrected chi connectivity index (χ1v) is 12.0. The van der Waals surface area contributed by atoms with E-state index in [1.165, 1.54) is 23.4 Å². The lowest BCUT2D eigenvalue weighted by Crippen LogP contribution is -2.42. The average molecular weight is 440 g/mol. The molecule has 1 N–H and O–H groups in total. The number of nitro groups is 1. The number of benzene rings is 1. The Morgan fingerprint density at radius 1 is 1.17 bits per heavy atom. The molecule has 1 aliphatic carbocycles. The molecule has 1 atom stereocenters. The monoisotopic (exact) mass is 439 g/mol. The molecular weight excluding hydrogens is 410 g/mol. The minimum atomic E-state index is -3.78. The van der Waals surface area contributed by atoms with Crippen LogP contribution in [0.2, 0.25) is 0 Å². The highest BCUT2D eigenvalue weighted by Gasteiger charge is 2.31. The molecule has 3 rings (SSSR count). The zero-order valence-corrected chi connectivity index (χ0v) is 18.0. The third-order valence-corrected chi connectivity index (χ3v) is 7.60. The van der Waals surface area contributed by atoms with E-state index >= 15 is 0 Å². The number of nitro benzene ring substituents is 1. The van der Waals surface area contributed by atoms with Crippen molar-refractivity contribution in [1.29, 1.82) is 0 Å². The highest BCUT2D eigenvalue weighted by atomic mass is 32.2. The molecule has 2 aliphatic rings. The number of rotatable bonds is 7. The van der Waals surface area contributed by atoms with Gasteiger partial charge in [-0.15, -0.1) is 0 Å². The van der Waals surface area contributed by atoms with Gasteiger partial charge in [-0.25, -0.2) is 8.42 Å². The largest absolute Gasteiger partial charge is 0.474 e. The van der Waals surface area contributed by atoms with Crippen LogP contribution in [0.1, 0.15) is 58.3 Å². The minimum absolute atomic E-state index is 0.0917. The maximum atomic E-state index is 12.7. The summed E-state index contributed by atoms with van der Waals surface area (Å²) in [6, 6.07) is 3.66. The quantitative estimate of drug-likeness (QED) is 0.396. The first-order chi connectivity index (χ1) is 14.3. The topological polar surface area (TPSA) is 119 Å². The smallest absolute Gasteiger partial charge is 0.312 e. The van der Waals surface area contributed by atoms with Crippen molar-refractivity contribution in [2.75, 3.05) is 13.1 Å². The first-order valence-electron chi connectivity index (χ1n) is 10.5. The minimum Gasteiger partial charge on any atom is -0.474 e. The number of nitrogens with one attached hydrogen (secondary N) is 1. The van der Waals surface area contributed by atoms with Crippen LogP contribution in [-0.2, 0) is 14.8 Å². The van der Waals surface area contributed by atoms with E-state index in [1.54, 1.807) is 0 Å². The average Bonchev–Trinajstić information content (AvgIpc) is 3.15. The van der Waals surface area contributed by atoms with Gasteiger partial charge in [0.2, 0.25) is 10.0 Å². The predicted octanol–water partition coefficient (Wildman–Crippen LogP) is 2.99. The van der Waals surface area contributed by atoms with Crippen molar-refractivity contribution in [2.24, 2.45) is 0 Å². The van der Waals surface area contributed by atoms with Gasteiger partial charge in [0, 0.05) is 25.2 Å². The van der Waals surface area contributed by atoms with E-state index in [0.717, 1.165) is 57.4 Å². The van der Waals surface area contributed by atoms with E-state index < -0.39 is 26.7 Å². The maximum absolute atomic E-state index is 12.7. The lowest BCUT2D eigenvalue weighted by molar-refractivity contribution is -0.386. The van der Waals surface area contributed by atoms with Crippen molar-refractivity contribution >= 4 is 21.6 Å². The standard InChI is InChI=1S/C20H29N3O6S/c1-15(20(24)21-16-8-4-2-3-5-9-16)29-19-11-10-17(14-18(19)23(25)26)30(27,28)22-12-6-7-13-22/h10-11,14-16H,2-9,12-13H2,1H3,(H,21,24)/t15-/m0/s1. The molecule has 1 aliphatic heterocycles. The van der Waals surface area contributed by atoms with Crippen LogP contribution in [0.3, 0.4) is 0 Å². The summed E-state index contributed by atoms with van der Waals surface area (Å²) in [6.45, 7) is 2.35. The number of carbonyl (C=O) groups excluding carboxylic acids is 1. The number of amides is 1. The number of ether oxygens (including phenoxy) is 1. The Kier molecular flexibility index (Phi) is 7.30. The Bertz CT molecular complexity index is 875. The molecule has 0 aromatic heterocycles. The van der Waals surface area contributed by atoms with E-state index in [1.807, 2.05) is 0 Å². The highest BCUT2D eigenvalue weighted by molar-refractivity contribution is 7.89. The summed E-state index contributed by atoms with van der Waals surface area (Å²) in [7, 11) is -3.78. The molecule has 166 valence electrons. The third-order valence-electron chi connectivity index (χ3n) is 5.70. The van der Waals surface area contributed by atoms with Crippen molar-refractivity contribution < 1.29 is 22.9 Å². The number of hydrogen-bond acceptors (Lipinski definition) is 6. The van der Waals surface area contributed by atoms with Crippen LogP contribution in [0.15, 0.2) is 23.1 Å². The number of carbonyl (C=O) groups is 1. The Morgan fingerprint density at radius 3 is 2.40 bits per heavy atom. The van der Waals surface area contributed by atoms with Gasteiger partial charge in [-0.05, 0) is 44.7 Å². The molecule has 1 amide bonds. The molecule has 30 heavy (non-hydrogen) atoms. The zero-order valence-electron chi connectivity index (χ0n) is 17.2. The van der Waals surface area contributed by atoms with E-state index in [0.29, 0.717) is 13.1 Å². The molecule has 0 spiro atoms. The van der Waals surface area contributed by atoms with Crippen LogP contribution in [0.5, 0.6) is 5.75 Å². The summed E-state index contributed by atoms with van der Waals surface area (Å²) in [5, 5.41) is 14.5. The summed E-state index contributed by atoms with van der Waals surface area (Å²) in [4.78, 5) is 23.2. The van der Waals surface area contributed by atoms with Crippen LogP contribution >= 0.6 is 0 Å². The summed E-state index contributed by atoms with van der Waals surface area (Å²) < 4.78 is 32.3. The van der Waals surface area contributed by atoms with Gasteiger partial charge in [0.1, 0.15) is 0 Å². The number of sulfonamides is 1. The van der Waals surface area contributed by atoms with Gasteiger partial charge < -0.3 is 10.1 Å². The molecule has 1 aromatic carbocycles. The van der Waals surface area contributed by atoms with E-state index in [-0.39, 0.29) is 22.6 Å². The molecule has 10 heteroatoms. The predicted molar refractivity (Wildman–Crippen MR) is 111 cm³/mol. The molecule has 2 fully saturated rings. The lowest BCUT2D eigenvalue weighted by Gasteiger charge is -2.20. The fourth-order valence-electron chi connectivity index (χ4n) is 3.96. The molecule has 0 radical (unpaired) electrons. The van der Waals surface area contributed by atoms with Crippen molar-refractivity contribution in [2.45, 2.75) is 75.3 Å². The molecule has 1 heterocycles. The molecule has 1 saturated heterocycles. The number of hydrogen-bond donors (Lipinski definition) is 1. The molecule has 0 unspecified atom stereocenters. The van der Waals surface area contributed by atoms with E-state index in [9.17, 15) is 23.3 Å². The molecular formula is C20H29N3O6S. The van der Waals surface area contributed by atoms with Crippen LogP contribution in [0.25, 0.3) is 0 Å². The van der Waals surface area contributed by atoms with E-state index in [4.69, 9.17) is 4.74 Å². The normalized spacial score (nSPS) is 19.8. The van der Waals surface area contributed by atoms with Crippen LogP contribution in [0.4, 0.5) is 5.69 Å². The Hall–Kier alpha value is -2.20. The molecule has 0 bridgehead atoms. The van der Waals surface area contributed by atoms with Crippen LogP contribution in [-0.4, -0.2) is 48.8 Å². The first kappa shape index (κ1) is 22.5. The van der Waals surface area contributed by atoms with Gasteiger partial charge >= 0.3 is 5.69 Å². The summed E-state index contributed by atoms with van der Waals surface area (Å²) in [6.07, 6.45) is 6.91. The fraction of sp³-hybridized carbons (Fsp3) is 0.650. The van der Waals surface area contributed by atoms with Crippen molar-refractivity contribution in [1.82, 2.24) is 9.62 Å². The van der Waals surface area contributed by atoms with Gasteiger partial charge in [0.25, 0.3) is 5.91 Å².